The molecule has 0 atom stereocenters. The Bertz CT molecular complexity index is 1010. The summed E-state index contributed by atoms with van der Waals surface area (Å²) >= 11 is 5.96. The first kappa shape index (κ1) is 20.8. The number of benzene rings is 2. The largest absolute Gasteiger partial charge is 0.375 e. The van der Waals surface area contributed by atoms with E-state index in [9.17, 15) is 9.59 Å². The summed E-state index contributed by atoms with van der Waals surface area (Å²) in [5.41, 5.74) is 4.85. The molecule has 0 aliphatic rings. The highest BCUT2D eigenvalue weighted by Gasteiger charge is 2.08. The second-order valence-electron chi connectivity index (χ2n) is 6.75. The van der Waals surface area contributed by atoms with Crippen LogP contribution < -0.4 is 10.9 Å². The number of carbonyl (C=O) groups excluding carboxylic acids is 1. The molecule has 0 fully saturated rings. The maximum absolute atomic E-state index is 11.9. The summed E-state index contributed by atoms with van der Waals surface area (Å²) in [6, 6.07) is 19.0. The van der Waals surface area contributed by atoms with Crippen molar-refractivity contribution >= 4 is 17.5 Å². The van der Waals surface area contributed by atoms with Crippen LogP contribution in [0.4, 0.5) is 0 Å². The van der Waals surface area contributed by atoms with Crippen molar-refractivity contribution in [3.8, 4) is 11.1 Å². The molecule has 0 bridgehead atoms. The van der Waals surface area contributed by atoms with E-state index in [0.717, 1.165) is 27.9 Å². The van der Waals surface area contributed by atoms with Crippen molar-refractivity contribution in [1.29, 1.82) is 0 Å². The molecule has 1 amide bonds. The average molecular weight is 411 g/mol. The highest BCUT2D eigenvalue weighted by atomic mass is 35.5. The van der Waals surface area contributed by atoms with Gasteiger partial charge >= 0.3 is 0 Å². The van der Waals surface area contributed by atoms with Crippen LogP contribution in [-0.2, 0) is 22.6 Å². The van der Waals surface area contributed by atoms with E-state index >= 15 is 0 Å². The number of nitrogens with one attached hydrogen (secondary N) is 2. The molecule has 2 aromatic carbocycles. The Hall–Kier alpha value is -2.89. The van der Waals surface area contributed by atoms with E-state index in [4.69, 9.17) is 16.3 Å². The summed E-state index contributed by atoms with van der Waals surface area (Å²) < 4.78 is 5.57. The molecule has 6 heteroatoms. The molecule has 3 aromatic rings. The predicted octanol–water partition coefficient (Wildman–Crippen LogP) is 3.94. The molecule has 0 saturated heterocycles. The maximum Gasteiger partial charge on any atom is 0.248 e. The normalized spacial score (nSPS) is 10.7. The number of aromatic nitrogens is 1. The number of rotatable bonds is 8. The number of ether oxygens (including phenoxy) is 1. The first-order chi connectivity index (χ1) is 14.0. The second-order valence-corrected chi connectivity index (χ2v) is 7.19. The standard InChI is InChI=1S/C23H23ClN2O3/c1-16(27)25-12-13-29-15-18-2-6-19(7-3-18)21-10-11-23(28)26-22(21)14-17-4-8-20(24)9-5-17/h2-11H,12-15H2,1H3,(H,25,27)(H,26,28). The van der Waals surface area contributed by atoms with Crippen LogP contribution in [0.1, 0.15) is 23.7 Å². The number of pyridine rings is 1. The van der Waals surface area contributed by atoms with Gasteiger partial charge in [-0.15, -0.1) is 0 Å². The van der Waals surface area contributed by atoms with Gasteiger partial charge in [0, 0.05) is 42.2 Å². The van der Waals surface area contributed by atoms with Crippen molar-refractivity contribution in [1.82, 2.24) is 10.3 Å². The highest BCUT2D eigenvalue weighted by Crippen LogP contribution is 2.24. The lowest BCUT2D eigenvalue weighted by Gasteiger charge is -2.11. The number of carbonyl (C=O) groups is 1. The van der Waals surface area contributed by atoms with Gasteiger partial charge in [-0.2, -0.15) is 0 Å². The Morgan fingerprint density at radius 3 is 2.38 bits per heavy atom. The fourth-order valence-electron chi connectivity index (χ4n) is 3.00. The maximum atomic E-state index is 11.9. The van der Waals surface area contributed by atoms with Gasteiger partial charge in [-0.1, -0.05) is 48.0 Å². The fraction of sp³-hybridized carbons (Fsp3) is 0.217. The second kappa shape index (κ2) is 10.0. The van der Waals surface area contributed by atoms with Crippen molar-refractivity contribution in [2.45, 2.75) is 20.0 Å². The van der Waals surface area contributed by atoms with E-state index in [1.165, 1.54) is 6.92 Å². The molecular formula is C23H23ClN2O3. The number of halogens is 1. The van der Waals surface area contributed by atoms with Gasteiger partial charge in [0.15, 0.2) is 0 Å². The zero-order valence-corrected chi connectivity index (χ0v) is 17.0. The summed E-state index contributed by atoms with van der Waals surface area (Å²) in [4.78, 5) is 25.7. The van der Waals surface area contributed by atoms with Gasteiger partial charge < -0.3 is 15.0 Å². The van der Waals surface area contributed by atoms with Gasteiger partial charge in [-0.3, -0.25) is 9.59 Å². The Morgan fingerprint density at radius 1 is 1.00 bits per heavy atom. The van der Waals surface area contributed by atoms with Gasteiger partial charge in [0.05, 0.1) is 13.2 Å². The van der Waals surface area contributed by atoms with E-state index in [2.05, 4.69) is 10.3 Å². The number of H-pyrrole nitrogens is 1. The molecule has 0 spiro atoms. The highest BCUT2D eigenvalue weighted by molar-refractivity contribution is 6.30. The lowest BCUT2D eigenvalue weighted by molar-refractivity contribution is -0.119. The lowest BCUT2D eigenvalue weighted by atomic mass is 9.98. The molecule has 0 unspecified atom stereocenters. The summed E-state index contributed by atoms with van der Waals surface area (Å²) in [5.74, 6) is -0.0618. The molecule has 2 N–H and O–H groups in total. The molecule has 0 aliphatic heterocycles. The lowest BCUT2D eigenvalue weighted by Crippen LogP contribution is -2.24. The van der Waals surface area contributed by atoms with Crippen LogP contribution in [0.15, 0.2) is 65.5 Å². The Kier molecular flexibility index (Phi) is 7.22. The molecule has 3 rings (SSSR count). The van der Waals surface area contributed by atoms with E-state index in [1.807, 2.05) is 54.6 Å². The van der Waals surface area contributed by atoms with Crippen LogP contribution in [0.25, 0.3) is 11.1 Å². The summed E-state index contributed by atoms with van der Waals surface area (Å²) in [7, 11) is 0. The molecule has 0 aliphatic carbocycles. The Labute approximate surface area is 174 Å². The van der Waals surface area contributed by atoms with Crippen molar-refractivity contribution in [2.24, 2.45) is 0 Å². The molecule has 0 radical (unpaired) electrons. The molecule has 0 saturated carbocycles. The van der Waals surface area contributed by atoms with Gasteiger partial charge in [-0.05, 0) is 34.9 Å². The van der Waals surface area contributed by atoms with Gasteiger partial charge in [0.25, 0.3) is 0 Å². The SMILES string of the molecule is CC(=O)NCCOCc1ccc(-c2ccc(=O)[nH]c2Cc2ccc(Cl)cc2)cc1. The topological polar surface area (TPSA) is 71.2 Å². The first-order valence-corrected chi connectivity index (χ1v) is 9.77. The van der Waals surface area contributed by atoms with E-state index in [0.29, 0.717) is 31.2 Å². The molecule has 1 aromatic heterocycles. The minimum atomic E-state index is -0.123. The molecule has 29 heavy (non-hydrogen) atoms. The summed E-state index contributed by atoms with van der Waals surface area (Å²) in [6.45, 7) is 2.92. The number of hydrogen-bond acceptors (Lipinski definition) is 3. The van der Waals surface area contributed by atoms with E-state index in [-0.39, 0.29) is 11.5 Å². The van der Waals surface area contributed by atoms with Crippen molar-refractivity contribution in [2.75, 3.05) is 13.2 Å². The van der Waals surface area contributed by atoms with E-state index in [1.54, 1.807) is 6.07 Å². The monoisotopic (exact) mass is 410 g/mol. The Balaban J connectivity index is 1.70. The fourth-order valence-corrected chi connectivity index (χ4v) is 3.13. The zero-order chi connectivity index (χ0) is 20.6. The van der Waals surface area contributed by atoms with Crippen LogP contribution >= 0.6 is 11.6 Å². The van der Waals surface area contributed by atoms with Crippen LogP contribution in [0.5, 0.6) is 0 Å². The zero-order valence-electron chi connectivity index (χ0n) is 16.2. The van der Waals surface area contributed by atoms with Crippen molar-refractivity contribution < 1.29 is 9.53 Å². The quantitative estimate of drug-likeness (QED) is 0.552. The van der Waals surface area contributed by atoms with Crippen LogP contribution in [0, 0.1) is 0 Å². The average Bonchev–Trinajstić information content (AvgIpc) is 2.70. The number of aromatic amines is 1. The number of amides is 1. The summed E-state index contributed by atoms with van der Waals surface area (Å²) in [5, 5.41) is 3.38. The van der Waals surface area contributed by atoms with Crippen molar-refractivity contribution in [3.63, 3.8) is 0 Å². The molecule has 5 nitrogen and oxygen atoms in total. The van der Waals surface area contributed by atoms with Crippen LogP contribution in [0.3, 0.4) is 0 Å². The third-order valence-corrected chi connectivity index (χ3v) is 4.70. The van der Waals surface area contributed by atoms with Gasteiger partial charge in [0.2, 0.25) is 11.5 Å². The first-order valence-electron chi connectivity index (χ1n) is 9.39. The minimum absolute atomic E-state index is 0.0618. The predicted molar refractivity (Wildman–Crippen MR) is 115 cm³/mol. The van der Waals surface area contributed by atoms with E-state index < -0.39 is 0 Å². The molecule has 150 valence electrons. The van der Waals surface area contributed by atoms with Crippen LogP contribution in [0.2, 0.25) is 5.02 Å². The number of hydrogen-bond donors (Lipinski definition) is 2. The third-order valence-electron chi connectivity index (χ3n) is 4.45. The van der Waals surface area contributed by atoms with Gasteiger partial charge in [-0.25, -0.2) is 0 Å². The Morgan fingerprint density at radius 2 is 1.69 bits per heavy atom. The molecule has 1 heterocycles. The summed E-state index contributed by atoms with van der Waals surface area (Å²) in [6.07, 6.45) is 0.608. The van der Waals surface area contributed by atoms with Crippen molar-refractivity contribution in [3.05, 3.63) is 92.9 Å². The molecular weight excluding hydrogens is 388 g/mol. The third kappa shape index (κ3) is 6.31. The minimum Gasteiger partial charge on any atom is -0.375 e. The smallest absolute Gasteiger partial charge is 0.248 e. The van der Waals surface area contributed by atoms with Crippen LogP contribution in [-0.4, -0.2) is 24.0 Å². The van der Waals surface area contributed by atoms with Gasteiger partial charge in [0.1, 0.15) is 0 Å².